The van der Waals surface area contributed by atoms with Crippen molar-refractivity contribution in [3.8, 4) is 0 Å². The standard InChI is InChI=1S/C28H25Cl2N3O4S/c1-2-37-27(36)19-8-10-20(11-9-19)31-25(34)17-24-26(35)33(21-12-13-22(29)23(30)16-21)28(38)32(24)15-14-18-6-4-3-5-7-18/h3-13,16,24H,2,14-15,17H2,1H3,(H,31,34)/t24-/m0/s1. The molecule has 1 aliphatic heterocycles. The quantitative estimate of drug-likeness (QED) is 0.261. The Morgan fingerprint density at radius 3 is 2.37 bits per heavy atom. The Morgan fingerprint density at radius 2 is 1.71 bits per heavy atom. The van der Waals surface area contributed by atoms with Crippen molar-refractivity contribution >= 4 is 69.7 Å². The molecule has 3 aromatic rings. The Kier molecular flexibility index (Phi) is 8.99. The third kappa shape index (κ3) is 6.32. The van der Waals surface area contributed by atoms with Gasteiger partial charge in [0, 0.05) is 12.2 Å². The van der Waals surface area contributed by atoms with Crippen LogP contribution in [0.5, 0.6) is 0 Å². The van der Waals surface area contributed by atoms with Gasteiger partial charge in [0.05, 0.1) is 34.3 Å². The van der Waals surface area contributed by atoms with Gasteiger partial charge < -0.3 is 15.0 Å². The summed E-state index contributed by atoms with van der Waals surface area (Å²) < 4.78 is 4.98. The number of carbonyl (C=O) groups excluding carboxylic acids is 3. The number of halogens is 2. The predicted octanol–water partition coefficient (Wildman–Crippen LogP) is 5.74. The van der Waals surface area contributed by atoms with E-state index >= 15 is 0 Å². The van der Waals surface area contributed by atoms with Crippen molar-refractivity contribution in [1.29, 1.82) is 0 Å². The first-order valence-electron chi connectivity index (χ1n) is 12.0. The average molecular weight is 570 g/mol. The summed E-state index contributed by atoms with van der Waals surface area (Å²) in [5.41, 5.74) is 2.44. The van der Waals surface area contributed by atoms with Gasteiger partial charge in [-0.2, -0.15) is 0 Å². The number of hydrogen-bond acceptors (Lipinski definition) is 5. The highest BCUT2D eigenvalue weighted by Crippen LogP contribution is 2.32. The van der Waals surface area contributed by atoms with E-state index in [1.807, 2.05) is 30.3 Å². The summed E-state index contributed by atoms with van der Waals surface area (Å²) in [6, 6.07) is 20.2. The lowest BCUT2D eigenvalue weighted by atomic mass is 10.1. The van der Waals surface area contributed by atoms with Crippen molar-refractivity contribution in [2.75, 3.05) is 23.4 Å². The number of rotatable bonds is 9. The van der Waals surface area contributed by atoms with Gasteiger partial charge in [0.25, 0.3) is 5.91 Å². The minimum atomic E-state index is -0.806. The third-order valence-corrected chi connectivity index (χ3v) is 7.18. The number of benzene rings is 3. The van der Waals surface area contributed by atoms with Crippen LogP contribution in [0.2, 0.25) is 10.0 Å². The molecule has 1 aliphatic rings. The lowest BCUT2D eigenvalue weighted by Crippen LogP contribution is -2.39. The van der Waals surface area contributed by atoms with E-state index in [1.54, 1.807) is 54.3 Å². The first kappa shape index (κ1) is 27.6. The normalized spacial score (nSPS) is 15.1. The molecular weight excluding hydrogens is 545 g/mol. The van der Waals surface area contributed by atoms with E-state index in [1.165, 1.54) is 4.90 Å². The van der Waals surface area contributed by atoms with Crippen LogP contribution in [0, 0.1) is 0 Å². The highest BCUT2D eigenvalue weighted by molar-refractivity contribution is 7.80. The van der Waals surface area contributed by atoms with Gasteiger partial charge in [-0.25, -0.2) is 4.79 Å². The molecule has 0 spiro atoms. The molecule has 3 aromatic carbocycles. The fraction of sp³-hybridized carbons (Fsp3) is 0.214. The number of anilines is 2. The molecule has 0 unspecified atom stereocenters. The van der Waals surface area contributed by atoms with Crippen LogP contribution in [0.3, 0.4) is 0 Å². The van der Waals surface area contributed by atoms with Crippen LogP contribution in [0.25, 0.3) is 0 Å². The molecular formula is C28H25Cl2N3O4S. The first-order valence-corrected chi connectivity index (χ1v) is 13.2. The maximum atomic E-state index is 13.6. The molecule has 0 saturated carbocycles. The fourth-order valence-corrected chi connectivity index (χ4v) is 4.84. The van der Waals surface area contributed by atoms with Gasteiger partial charge in [-0.05, 0) is 73.6 Å². The van der Waals surface area contributed by atoms with Gasteiger partial charge in [-0.3, -0.25) is 14.5 Å². The van der Waals surface area contributed by atoms with Crippen LogP contribution >= 0.6 is 35.4 Å². The van der Waals surface area contributed by atoms with E-state index in [0.717, 1.165) is 5.56 Å². The highest BCUT2D eigenvalue weighted by atomic mass is 35.5. The number of amides is 2. The van der Waals surface area contributed by atoms with E-state index in [2.05, 4.69) is 5.32 Å². The summed E-state index contributed by atoms with van der Waals surface area (Å²) in [6.45, 7) is 2.45. The minimum absolute atomic E-state index is 0.120. The number of thiocarbonyl (C=S) groups is 1. The second-order valence-electron chi connectivity index (χ2n) is 8.55. The number of esters is 1. The van der Waals surface area contributed by atoms with Crippen LogP contribution in [0.1, 0.15) is 29.3 Å². The van der Waals surface area contributed by atoms with Crippen molar-refractivity contribution in [2.45, 2.75) is 25.8 Å². The van der Waals surface area contributed by atoms with Crippen LogP contribution < -0.4 is 10.2 Å². The number of nitrogens with one attached hydrogen (secondary N) is 1. The molecule has 1 heterocycles. The Bertz CT molecular complexity index is 1350. The Balaban J connectivity index is 1.52. The van der Waals surface area contributed by atoms with Crippen LogP contribution in [-0.4, -0.2) is 47.0 Å². The Hall–Kier alpha value is -3.46. The zero-order chi connectivity index (χ0) is 27.2. The Labute approximate surface area is 236 Å². The summed E-state index contributed by atoms with van der Waals surface area (Å²) in [6.07, 6.45) is 0.516. The molecule has 38 heavy (non-hydrogen) atoms. The van der Waals surface area contributed by atoms with Crippen LogP contribution in [-0.2, 0) is 20.7 Å². The van der Waals surface area contributed by atoms with Crippen LogP contribution in [0.4, 0.5) is 11.4 Å². The first-order chi connectivity index (χ1) is 18.3. The van der Waals surface area contributed by atoms with E-state index in [4.69, 9.17) is 40.2 Å². The topological polar surface area (TPSA) is 78.9 Å². The summed E-state index contributed by atoms with van der Waals surface area (Å²) in [4.78, 5) is 41.7. The SMILES string of the molecule is CCOC(=O)c1ccc(NC(=O)C[C@H]2C(=O)N(c3ccc(Cl)c(Cl)c3)C(=S)N2CCc2ccccc2)cc1. The molecule has 7 nitrogen and oxygen atoms in total. The van der Waals surface area contributed by atoms with E-state index in [9.17, 15) is 14.4 Å². The molecule has 10 heteroatoms. The maximum Gasteiger partial charge on any atom is 0.338 e. The summed E-state index contributed by atoms with van der Waals surface area (Å²) in [7, 11) is 0. The van der Waals surface area contributed by atoms with Crippen molar-refractivity contribution < 1.29 is 19.1 Å². The molecule has 1 saturated heterocycles. The van der Waals surface area contributed by atoms with Crippen molar-refractivity contribution in [3.63, 3.8) is 0 Å². The number of nitrogens with zero attached hydrogens (tertiary/aromatic N) is 2. The third-order valence-electron chi connectivity index (χ3n) is 6.02. The Morgan fingerprint density at radius 1 is 1.00 bits per heavy atom. The average Bonchev–Trinajstić information content (AvgIpc) is 3.13. The lowest BCUT2D eigenvalue weighted by molar-refractivity contribution is -0.124. The minimum Gasteiger partial charge on any atom is -0.462 e. The molecule has 0 bridgehead atoms. The zero-order valence-corrected chi connectivity index (χ0v) is 22.9. The summed E-state index contributed by atoms with van der Waals surface area (Å²) in [5.74, 6) is -1.13. The van der Waals surface area contributed by atoms with Crippen molar-refractivity contribution in [1.82, 2.24) is 4.90 Å². The number of hydrogen-bond donors (Lipinski definition) is 1. The number of ether oxygens (including phenoxy) is 1. The van der Waals surface area contributed by atoms with Gasteiger partial charge in [0.2, 0.25) is 5.91 Å². The monoisotopic (exact) mass is 569 g/mol. The second kappa shape index (κ2) is 12.4. The van der Waals surface area contributed by atoms with Gasteiger partial charge in [0.1, 0.15) is 6.04 Å². The van der Waals surface area contributed by atoms with Crippen molar-refractivity contribution in [3.05, 3.63) is 94.0 Å². The summed E-state index contributed by atoms with van der Waals surface area (Å²) >= 11 is 18.0. The zero-order valence-electron chi connectivity index (χ0n) is 20.5. The fourth-order valence-electron chi connectivity index (χ4n) is 4.14. The highest BCUT2D eigenvalue weighted by Gasteiger charge is 2.44. The molecule has 2 amide bonds. The van der Waals surface area contributed by atoms with E-state index < -0.39 is 12.0 Å². The van der Waals surface area contributed by atoms with Gasteiger partial charge in [0.15, 0.2) is 5.11 Å². The molecule has 0 aromatic heterocycles. The molecule has 1 atom stereocenters. The summed E-state index contributed by atoms with van der Waals surface area (Å²) in [5, 5.41) is 3.74. The van der Waals surface area contributed by atoms with E-state index in [-0.39, 0.29) is 24.8 Å². The van der Waals surface area contributed by atoms with Gasteiger partial charge in [-0.15, -0.1) is 0 Å². The molecule has 1 fully saturated rings. The molecule has 1 N–H and O–H groups in total. The van der Waals surface area contributed by atoms with Crippen LogP contribution in [0.15, 0.2) is 72.8 Å². The smallest absolute Gasteiger partial charge is 0.338 e. The predicted molar refractivity (Wildman–Crippen MR) is 153 cm³/mol. The largest absolute Gasteiger partial charge is 0.462 e. The van der Waals surface area contributed by atoms with Crippen molar-refractivity contribution in [2.24, 2.45) is 0 Å². The molecule has 196 valence electrons. The maximum absolute atomic E-state index is 13.6. The van der Waals surface area contributed by atoms with E-state index in [0.29, 0.717) is 45.1 Å². The molecule has 0 aliphatic carbocycles. The lowest BCUT2D eigenvalue weighted by Gasteiger charge is -2.24. The van der Waals surface area contributed by atoms with Gasteiger partial charge in [-0.1, -0.05) is 53.5 Å². The molecule has 4 rings (SSSR count). The second-order valence-corrected chi connectivity index (χ2v) is 9.73. The number of carbonyl (C=O) groups is 3. The van der Waals surface area contributed by atoms with Gasteiger partial charge >= 0.3 is 5.97 Å². The molecule has 0 radical (unpaired) electrons.